The van der Waals surface area contributed by atoms with Crippen molar-refractivity contribution in [3.8, 4) is 11.3 Å². The Labute approximate surface area is 129 Å². The van der Waals surface area contributed by atoms with Crippen LogP contribution in [0, 0.1) is 0 Å². The van der Waals surface area contributed by atoms with Gasteiger partial charge in [0.1, 0.15) is 5.69 Å². The number of halogens is 1. The highest BCUT2D eigenvalue weighted by Gasteiger charge is 2.10. The first kappa shape index (κ1) is 15.2. The normalized spacial score (nSPS) is 10.4. The van der Waals surface area contributed by atoms with Gasteiger partial charge in [0.15, 0.2) is 0 Å². The highest BCUT2D eigenvalue weighted by molar-refractivity contribution is 9.10. The van der Waals surface area contributed by atoms with E-state index in [9.17, 15) is 9.59 Å². The molecule has 7 heteroatoms. The van der Waals surface area contributed by atoms with Crippen molar-refractivity contribution < 1.29 is 14.7 Å². The lowest BCUT2D eigenvalue weighted by atomic mass is 10.1. The molecular weight excluding hydrogens is 338 g/mol. The molecule has 110 valence electrons. The van der Waals surface area contributed by atoms with Gasteiger partial charge in [-0.05, 0) is 28.1 Å². The van der Waals surface area contributed by atoms with E-state index in [1.54, 1.807) is 16.8 Å². The molecule has 1 heterocycles. The molecule has 0 aliphatic heterocycles. The number of rotatable bonds is 5. The molecule has 2 rings (SSSR count). The van der Waals surface area contributed by atoms with E-state index in [1.165, 1.54) is 0 Å². The zero-order valence-corrected chi connectivity index (χ0v) is 12.9. The summed E-state index contributed by atoms with van der Waals surface area (Å²) >= 11 is 3.43. The van der Waals surface area contributed by atoms with E-state index < -0.39 is 5.97 Å². The van der Waals surface area contributed by atoms with E-state index in [2.05, 4.69) is 26.3 Å². The summed E-state index contributed by atoms with van der Waals surface area (Å²) in [5.41, 5.74) is 2.25. The van der Waals surface area contributed by atoms with E-state index in [0.717, 1.165) is 15.7 Å². The van der Waals surface area contributed by atoms with E-state index >= 15 is 0 Å². The molecule has 2 N–H and O–H groups in total. The van der Waals surface area contributed by atoms with Crippen LogP contribution in [0.25, 0.3) is 11.3 Å². The van der Waals surface area contributed by atoms with Gasteiger partial charge in [0.05, 0.1) is 10.9 Å². The Kier molecular flexibility index (Phi) is 4.74. The van der Waals surface area contributed by atoms with E-state index in [1.807, 2.05) is 25.4 Å². The second kappa shape index (κ2) is 6.53. The van der Waals surface area contributed by atoms with Crippen LogP contribution in [0.15, 0.2) is 34.9 Å². The van der Waals surface area contributed by atoms with Crippen LogP contribution in [-0.4, -0.2) is 26.8 Å². The van der Waals surface area contributed by atoms with Crippen molar-refractivity contribution in [2.24, 2.45) is 7.05 Å². The minimum absolute atomic E-state index is 0.0488. The quantitative estimate of drug-likeness (QED) is 0.867. The number of benzene rings is 1. The maximum Gasteiger partial charge on any atom is 0.303 e. The number of hydrogen-bond acceptors (Lipinski definition) is 3. The number of anilines is 1. The van der Waals surface area contributed by atoms with Gasteiger partial charge in [0.25, 0.3) is 0 Å². The van der Waals surface area contributed by atoms with Crippen molar-refractivity contribution in [2.75, 3.05) is 5.32 Å². The maximum absolute atomic E-state index is 11.6. The van der Waals surface area contributed by atoms with Crippen molar-refractivity contribution in [1.82, 2.24) is 9.78 Å². The van der Waals surface area contributed by atoms with Crippen molar-refractivity contribution >= 4 is 33.5 Å². The largest absolute Gasteiger partial charge is 0.481 e. The Morgan fingerprint density at radius 2 is 2.14 bits per heavy atom. The average Bonchev–Trinajstić information content (AvgIpc) is 2.76. The minimum atomic E-state index is -0.990. The van der Waals surface area contributed by atoms with Gasteiger partial charge in [-0.25, -0.2) is 0 Å². The molecule has 0 aliphatic carbocycles. The molecule has 1 amide bonds. The molecule has 0 aliphatic rings. The summed E-state index contributed by atoms with van der Waals surface area (Å²) in [5, 5.41) is 15.6. The Bertz CT molecular complexity index is 682. The van der Waals surface area contributed by atoms with Crippen LogP contribution in [0.1, 0.15) is 12.8 Å². The minimum Gasteiger partial charge on any atom is -0.481 e. The summed E-state index contributed by atoms with van der Waals surface area (Å²) in [7, 11) is 1.83. The number of carbonyl (C=O) groups excluding carboxylic acids is 1. The van der Waals surface area contributed by atoms with E-state index in [0.29, 0.717) is 5.69 Å². The molecule has 1 aromatic heterocycles. The second-order valence-corrected chi connectivity index (χ2v) is 5.38. The molecule has 0 fully saturated rings. The van der Waals surface area contributed by atoms with E-state index in [-0.39, 0.29) is 18.7 Å². The van der Waals surface area contributed by atoms with Crippen LogP contribution in [0.4, 0.5) is 5.69 Å². The lowest BCUT2D eigenvalue weighted by molar-refractivity contribution is -0.138. The number of aromatic nitrogens is 2. The Morgan fingerprint density at radius 1 is 1.38 bits per heavy atom. The fraction of sp³-hybridized carbons (Fsp3) is 0.214. The Morgan fingerprint density at radius 3 is 2.76 bits per heavy atom. The van der Waals surface area contributed by atoms with Gasteiger partial charge in [-0.2, -0.15) is 5.10 Å². The molecule has 0 radical (unpaired) electrons. The first-order valence-corrected chi connectivity index (χ1v) is 7.06. The van der Waals surface area contributed by atoms with Crippen LogP contribution in [0.2, 0.25) is 0 Å². The van der Waals surface area contributed by atoms with Crippen LogP contribution in [0.5, 0.6) is 0 Å². The lowest BCUT2D eigenvalue weighted by Gasteiger charge is -2.06. The lowest BCUT2D eigenvalue weighted by Crippen LogP contribution is -2.13. The van der Waals surface area contributed by atoms with Gasteiger partial charge in [0.2, 0.25) is 5.91 Å². The third kappa shape index (κ3) is 4.16. The summed E-state index contributed by atoms with van der Waals surface area (Å²) in [5.74, 6) is -1.31. The molecule has 21 heavy (non-hydrogen) atoms. The number of nitrogens with one attached hydrogen (secondary N) is 1. The van der Waals surface area contributed by atoms with Crippen molar-refractivity contribution in [3.63, 3.8) is 0 Å². The summed E-state index contributed by atoms with van der Waals surface area (Å²) in [6, 6.07) is 7.24. The molecule has 0 bridgehead atoms. The summed E-state index contributed by atoms with van der Waals surface area (Å²) in [6.45, 7) is 0. The SMILES string of the molecule is Cn1cc(Br)c(-c2cccc(NC(=O)CCC(=O)O)c2)n1. The smallest absolute Gasteiger partial charge is 0.303 e. The van der Waals surface area contributed by atoms with Gasteiger partial charge in [-0.15, -0.1) is 0 Å². The number of aryl methyl sites for hydroxylation is 1. The summed E-state index contributed by atoms with van der Waals surface area (Å²) < 4.78 is 2.55. The van der Waals surface area contributed by atoms with Crippen molar-refractivity contribution in [3.05, 3.63) is 34.9 Å². The second-order valence-electron chi connectivity index (χ2n) is 4.52. The Balaban J connectivity index is 2.13. The number of carboxylic acid groups (broad SMARTS) is 1. The topological polar surface area (TPSA) is 84.2 Å². The van der Waals surface area contributed by atoms with Crippen molar-refractivity contribution in [2.45, 2.75) is 12.8 Å². The number of nitrogens with zero attached hydrogens (tertiary/aromatic N) is 2. The van der Waals surface area contributed by atoms with Gasteiger partial charge < -0.3 is 10.4 Å². The first-order valence-electron chi connectivity index (χ1n) is 6.27. The molecule has 0 atom stereocenters. The standard InChI is InChI=1S/C14H14BrN3O3/c1-18-8-11(15)14(17-18)9-3-2-4-10(7-9)16-12(19)5-6-13(20)21/h2-4,7-8H,5-6H2,1H3,(H,16,19)(H,20,21). The Hall–Kier alpha value is -2.15. The molecule has 0 spiro atoms. The maximum atomic E-state index is 11.6. The summed E-state index contributed by atoms with van der Waals surface area (Å²) in [4.78, 5) is 22.1. The number of carboxylic acids is 1. The van der Waals surface area contributed by atoms with Crippen LogP contribution < -0.4 is 5.32 Å². The molecule has 0 unspecified atom stereocenters. The molecule has 6 nitrogen and oxygen atoms in total. The third-order valence-corrected chi connectivity index (χ3v) is 3.35. The fourth-order valence-electron chi connectivity index (χ4n) is 1.84. The van der Waals surface area contributed by atoms with Gasteiger partial charge in [-0.3, -0.25) is 14.3 Å². The predicted octanol–water partition coefficient (Wildman–Crippen LogP) is 2.65. The molecule has 0 saturated carbocycles. The van der Waals surface area contributed by atoms with Gasteiger partial charge in [0, 0.05) is 30.9 Å². The third-order valence-electron chi connectivity index (χ3n) is 2.77. The number of hydrogen-bond donors (Lipinski definition) is 2. The molecular formula is C14H14BrN3O3. The predicted molar refractivity (Wildman–Crippen MR) is 81.8 cm³/mol. The zero-order valence-electron chi connectivity index (χ0n) is 11.3. The van der Waals surface area contributed by atoms with Gasteiger partial charge in [-0.1, -0.05) is 12.1 Å². The summed E-state index contributed by atoms with van der Waals surface area (Å²) in [6.07, 6.45) is 1.61. The highest BCUT2D eigenvalue weighted by atomic mass is 79.9. The monoisotopic (exact) mass is 351 g/mol. The van der Waals surface area contributed by atoms with Crippen molar-refractivity contribution in [1.29, 1.82) is 0 Å². The van der Waals surface area contributed by atoms with Crippen LogP contribution >= 0.6 is 15.9 Å². The van der Waals surface area contributed by atoms with Crippen LogP contribution in [0.3, 0.4) is 0 Å². The number of aliphatic carboxylic acids is 1. The zero-order chi connectivity index (χ0) is 15.4. The van der Waals surface area contributed by atoms with Crippen LogP contribution in [-0.2, 0) is 16.6 Å². The molecule has 1 aromatic carbocycles. The molecule has 0 saturated heterocycles. The van der Waals surface area contributed by atoms with Gasteiger partial charge >= 0.3 is 5.97 Å². The number of amides is 1. The van der Waals surface area contributed by atoms with E-state index in [4.69, 9.17) is 5.11 Å². The number of carbonyl (C=O) groups is 2. The fourth-order valence-corrected chi connectivity index (χ4v) is 2.45. The molecule has 2 aromatic rings. The highest BCUT2D eigenvalue weighted by Crippen LogP contribution is 2.28. The first-order chi connectivity index (χ1) is 9.95. The average molecular weight is 352 g/mol.